The van der Waals surface area contributed by atoms with Crippen molar-refractivity contribution in [1.82, 2.24) is 9.88 Å². The molecule has 4 rings (SSSR count). The number of fused-ring (bicyclic) bond motifs is 1. The van der Waals surface area contributed by atoms with E-state index >= 15 is 0 Å². The number of halogens is 3. The van der Waals surface area contributed by atoms with Crippen LogP contribution in [0.15, 0.2) is 48.5 Å². The van der Waals surface area contributed by atoms with Crippen LogP contribution in [0, 0.1) is 5.82 Å². The minimum Gasteiger partial charge on any atom is -0.379 e. The van der Waals surface area contributed by atoms with E-state index in [0.717, 1.165) is 18.7 Å². The average molecular weight is 482 g/mol. The van der Waals surface area contributed by atoms with E-state index in [0.29, 0.717) is 41.2 Å². The third kappa shape index (κ3) is 5.81. The number of ether oxygens (including phenoxy) is 1. The van der Waals surface area contributed by atoms with E-state index < -0.39 is 0 Å². The molecule has 0 N–H and O–H groups in total. The molecule has 2 heterocycles. The molecule has 1 fully saturated rings. The maximum Gasteiger partial charge on any atom is 0.252 e. The monoisotopic (exact) mass is 481 g/mol. The second kappa shape index (κ2) is 11.0. The Morgan fingerprint density at radius 1 is 1.23 bits per heavy atom. The first kappa shape index (κ1) is 23.6. The summed E-state index contributed by atoms with van der Waals surface area (Å²) in [5, 5.41) is 1.06. The summed E-state index contributed by atoms with van der Waals surface area (Å²) in [5.74, 6) is -0.607. The number of amides is 1. The lowest BCUT2D eigenvalue weighted by Crippen LogP contribution is -2.42. The quantitative estimate of drug-likeness (QED) is 0.470. The molecule has 2 aromatic carbocycles. The Hall–Kier alpha value is -2.03. The molecule has 9 heteroatoms. The van der Waals surface area contributed by atoms with Gasteiger partial charge >= 0.3 is 0 Å². The summed E-state index contributed by atoms with van der Waals surface area (Å²) in [5.41, 5.74) is 1.05. The lowest BCUT2D eigenvalue weighted by atomic mass is 10.2. The van der Waals surface area contributed by atoms with E-state index in [4.69, 9.17) is 16.3 Å². The highest BCUT2D eigenvalue weighted by Crippen LogP contribution is 2.30. The molecule has 5 nitrogen and oxygen atoms in total. The Morgan fingerprint density at radius 3 is 2.74 bits per heavy atom. The molecule has 1 aromatic heterocycles. The van der Waals surface area contributed by atoms with Gasteiger partial charge in [-0.05, 0) is 29.8 Å². The first-order chi connectivity index (χ1) is 14.6. The van der Waals surface area contributed by atoms with Gasteiger partial charge in [0.15, 0.2) is 5.13 Å². The van der Waals surface area contributed by atoms with Gasteiger partial charge in [-0.15, -0.1) is 12.4 Å². The second-order valence-electron chi connectivity index (χ2n) is 6.88. The van der Waals surface area contributed by atoms with Gasteiger partial charge in [0.05, 0.1) is 17.9 Å². The van der Waals surface area contributed by atoms with Crippen LogP contribution in [0.4, 0.5) is 9.52 Å². The number of hydrogen-bond acceptors (Lipinski definition) is 5. The average Bonchev–Trinajstić information content (AvgIpc) is 3.19. The molecule has 1 saturated heterocycles. The molecule has 0 radical (unpaired) electrons. The second-order valence-corrected chi connectivity index (χ2v) is 8.30. The van der Waals surface area contributed by atoms with E-state index in [-0.39, 0.29) is 29.6 Å². The highest BCUT2D eigenvalue weighted by atomic mass is 35.5. The number of nitrogens with zero attached hydrogens (tertiary/aromatic N) is 3. The van der Waals surface area contributed by atoms with E-state index in [1.54, 1.807) is 23.1 Å². The highest BCUT2D eigenvalue weighted by Gasteiger charge is 2.21. The Bertz CT molecular complexity index is 1070. The normalized spacial score (nSPS) is 14.6. The Labute approximate surface area is 195 Å². The molecule has 0 unspecified atom stereocenters. The predicted molar refractivity (Wildman–Crippen MR) is 127 cm³/mol. The van der Waals surface area contributed by atoms with Gasteiger partial charge < -0.3 is 4.74 Å². The van der Waals surface area contributed by atoms with E-state index in [1.807, 2.05) is 24.3 Å². The molecule has 3 aromatic rings. The van der Waals surface area contributed by atoms with Crippen molar-refractivity contribution in [2.75, 3.05) is 44.3 Å². The van der Waals surface area contributed by atoms with Gasteiger partial charge in [-0.2, -0.15) is 0 Å². The Morgan fingerprint density at radius 2 is 2.00 bits per heavy atom. The van der Waals surface area contributed by atoms with Crippen molar-refractivity contribution in [2.24, 2.45) is 0 Å². The summed E-state index contributed by atoms with van der Waals surface area (Å²) in [6, 6.07) is 12.2. The third-order valence-electron chi connectivity index (χ3n) is 4.91. The van der Waals surface area contributed by atoms with Crippen LogP contribution in [-0.4, -0.2) is 55.2 Å². The van der Waals surface area contributed by atoms with Crippen molar-refractivity contribution in [1.29, 1.82) is 0 Å². The molecule has 0 atom stereocenters. The summed E-state index contributed by atoms with van der Waals surface area (Å²) < 4.78 is 20.2. The minimum absolute atomic E-state index is 0. The molecule has 1 aliphatic heterocycles. The first-order valence-electron chi connectivity index (χ1n) is 9.71. The van der Waals surface area contributed by atoms with Gasteiger partial charge in [-0.3, -0.25) is 14.6 Å². The van der Waals surface area contributed by atoms with Crippen molar-refractivity contribution >= 4 is 62.7 Å². The van der Waals surface area contributed by atoms with Crippen molar-refractivity contribution in [3.63, 3.8) is 0 Å². The summed E-state index contributed by atoms with van der Waals surface area (Å²) in [6.45, 7) is 4.16. The number of thiazole rings is 1. The molecular formula is C22H22Cl2FN3O2S. The van der Waals surface area contributed by atoms with Crippen LogP contribution in [0.5, 0.6) is 0 Å². The summed E-state index contributed by atoms with van der Waals surface area (Å²) in [4.78, 5) is 21.4. The zero-order chi connectivity index (χ0) is 20.9. The van der Waals surface area contributed by atoms with Crippen molar-refractivity contribution in [3.05, 3.63) is 64.9 Å². The number of para-hydroxylation sites is 1. The first-order valence-corrected chi connectivity index (χ1v) is 10.9. The number of anilines is 1. The van der Waals surface area contributed by atoms with Gasteiger partial charge in [0.2, 0.25) is 0 Å². The lowest BCUT2D eigenvalue weighted by molar-refractivity contribution is -0.114. The molecule has 0 saturated carbocycles. The number of hydrogen-bond donors (Lipinski definition) is 0. The Balaban J connectivity index is 0.00000272. The molecule has 0 aliphatic carbocycles. The number of aromatic nitrogens is 1. The van der Waals surface area contributed by atoms with E-state index in [1.165, 1.54) is 23.5 Å². The van der Waals surface area contributed by atoms with Gasteiger partial charge in [-0.25, -0.2) is 9.37 Å². The zero-order valence-corrected chi connectivity index (χ0v) is 19.1. The van der Waals surface area contributed by atoms with Crippen molar-refractivity contribution in [2.45, 2.75) is 0 Å². The molecule has 0 bridgehead atoms. The number of benzene rings is 2. The Kier molecular flexibility index (Phi) is 8.40. The largest absolute Gasteiger partial charge is 0.379 e. The molecule has 1 amide bonds. The fourth-order valence-corrected chi connectivity index (χ4v) is 4.46. The number of carbonyl (C=O) groups is 1. The topological polar surface area (TPSA) is 45.7 Å². The number of morpholine rings is 1. The SMILES string of the molecule is Cl.O=C(/C=C/c1ccccc1Cl)N(CCN1CCOCC1)c1nc2c(F)cccc2s1. The minimum atomic E-state index is -0.387. The van der Waals surface area contributed by atoms with Gasteiger partial charge in [-0.1, -0.05) is 47.2 Å². The van der Waals surface area contributed by atoms with E-state index in [2.05, 4.69) is 9.88 Å². The highest BCUT2D eigenvalue weighted by molar-refractivity contribution is 7.22. The van der Waals surface area contributed by atoms with Crippen molar-refractivity contribution < 1.29 is 13.9 Å². The third-order valence-corrected chi connectivity index (χ3v) is 6.30. The predicted octanol–water partition coefficient (Wildman–Crippen LogP) is 4.89. The molecule has 1 aliphatic rings. The van der Waals surface area contributed by atoms with Crippen LogP contribution in [0.1, 0.15) is 5.56 Å². The van der Waals surface area contributed by atoms with Crippen molar-refractivity contribution in [3.8, 4) is 0 Å². The van der Waals surface area contributed by atoms with Gasteiger partial charge in [0.25, 0.3) is 5.91 Å². The fourth-order valence-electron chi connectivity index (χ4n) is 3.25. The smallest absolute Gasteiger partial charge is 0.252 e. The fraction of sp³-hybridized carbons (Fsp3) is 0.273. The summed E-state index contributed by atoms with van der Waals surface area (Å²) >= 11 is 7.50. The molecular weight excluding hydrogens is 460 g/mol. The maximum absolute atomic E-state index is 14.1. The molecule has 0 spiro atoms. The standard InChI is InChI=1S/C22H21ClFN3O2S.ClH/c23-17-5-2-1-4-16(17)8-9-20(28)27(11-10-26-12-14-29-15-13-26)22-25-21-18(24)6-3-7-19(21)30-22;/h1-9H,10-15H2;1H/b9-8+;. The van der Waals surface area contributed by atoms with Crippen LogP contribution in [0.2, 0.25) is 5.02 Å². The van der Waals surface area contributed by atoms with Crippen LogP contribution in [-0.2, 0) is 9.53 Å². The summed E-state index contributed by atoms with van der Waals surface area (Å²) in [6.07, 6.45) is 3.18. The maximum atomic E-state index is 14.1. The lowest BCUT2D eigenvalue weighted by Gasteiger charge is -2.28. The van der Waals surface area contributed by atoms with Gasteiger partial charge in [0, 0.05) is 37.3 Å². The molecule has 164 valence electrons. The number of rotatable bonds is 6. The van der Waals surface area contributed by atoms with Crippen LogP contribution in [0.3, 0.4) is 0 Å². The zero-order valence-electron chi connectivity index (χ0n) is 16.7. The van der Waals surface area contributed by atoms with E-state index in [9.17, 15) is 9.18 Å². The van der Waals surface area contributed by atoms with Crippen LogP contribution >= 0.6 is 35.3 Å². The molecule has 31 heavy (non-hydrogen) atoms. The number of carbonyl (C=O) groups excluding carboxylic acids is 1. The van der Waals surface area contributed by atoms with Crippen LogP contribution in [0.25, 0.3) is 16.3 Å². The van der Waals surface area contributed by atoms with Crippen LogP contribution < -0.4 is 4.90 Å². The van der Waals surface area contributed by atoms with Gasteiger partial charge in [0.1, 0.15) is 11.3 Å². The summed E-state index contributed by atoms with van der Waals surface area (Å²) in [7, 11) is 0.